The first-order valence-electron chi connectivity index (χ1n) is 6.01. The number of anilines is 3. The summed E-state index contributed by atoms with van der Waals surface area (Å²) in [5.74, 6) is 0. The van der Waals surface area contributed by atoms with Gasteiger partial charge >= 0.3 is 6.18 Å². The Kier molecular flexibility index (Phi) is 3.32. The van der Waals surface area contributed by atoms with Crippen molar-refractivity contribution < 1.29 is 17.8 Å². The van der Waals surface area contributed by atoms with Crippen LogP contribution in [0.5, 0.6) is 0 Å². The van der Waals surface area contributed by atoms with E-state index >= 15 is 0 Å². The third-order valence-electron chi connectivity index (χ3n) is 3.03. The Morgan fingerprint density at radius 1 is 1.09 bits per heavy atom. The molecule has 0 amide bonds. The van der Waals surface area contributed by atoms with Crippen LogP contribution in [-0.4, -0.2) is 10.3 Å². The fourth-order valence-corrected chi connectivity index (χ4v) is 2.15. The van der Waals surface area contributed by atoms with Gasteiger partial charge in [0.05, 0.1) is 27.6 Å². The van der Waals surface area contributed by atoms with Crippen LogP contribution in [0.4, 0.5) is 30.2 Å². The smallest absolute Gasteiger partial charge is 0.395 e. The first-order chi connectivity index (χ1) is 10.4. The zero-order valence-corrected chi connectivity index (χ0v) is 11.5. The van der Waals surface area contributed by atoms with Crippen molar-refractivity contribution in [3.05, 3.63) is 40.9 Å². The van der Waals surface area contributed by atoms with Gasteiger partial charge in [-0.15, -0.1) is 0 Å². The van der Waals surface area contributed by atoms with Crippen LogP contribution >= 0.6 is 11.6 Å². The molecule has 1 aromatic heterocycles. The highest BCUT2D eigenvalue weighted by molar-refractivity contribution is 6.33. The van der Waals surface area contributed by atoms with Gasteiger partial charge in [-0.05, 0) is 40.6 Å². The molecule has 9 heteroatoms. The number of fused-ring (bicyclic) bond motifs is 1. The number of nitrogens with one attached hydrogen (secondary N) is 1. The second-order valence-corrected chi connectivity index (χ2v) is 4.88. The van der Waals surface area contributed by atoms with Crippen LogP contribution in [0, 0.1) is 0 Å². The van der Waals surface area contributed by atoms with E-state index in [9.17, 15) is 13.2 Å². The summed E-state index contributed by atoms with van der Waals surface area (Å²) in [6.07, 6.45) is -4.45. The molecule has 1 heterocycles. The topological polar surface area (TPSA) is 77.0 Å². The average molecular weight is 329 g/mol. The Hall–Kier alpha value is -2.48. The zero-order chi connectivity index (χ0) is 15.9. The third-order valence-corrected chi connectivity index (χ3v) is 3.35. The van der Waals surface area contributed by atoms with Crippen molar-refractivity contribution in [2.24, 2.45) is 0 Å². The van der Waals surface area contributed by atoms with Crippen molar-refractivity contribution >= 4 is 39.7 Å². The minimum Gasteiger partial charge on any atom is -0.395 e. The maximum atomic E-state index is 12.6. The van der Waals surface area contributed by atoms with Gasteiger partial charge in [0.2, 0.25) is 0 Å². The predicted molar refractivity (Wildman–Crippen MR) is 76.0 cm³/mol. The van der Waals surface area contributed by atoms with E-state index in [-0.39, 0.29) is 16.4 Å². The largest absolute Gasteiger partial charge is 0.416 e. The van der Waals surface area contributed by atoms with E-state index in [2.05, 4.69) is 20.3 Å². The Balaban J connectivity index is 1.96. The first kappa shape index (κ1) is 14.5. The number of benzene rings is 2. The molecular weight excluding hydrogens is 321 g/mol. The molecule has 114 valence electrons. The van der Waals surface area contributed by atoms with Gasteiger partial charge in [0.1, 0.15) is 5.52 Å². The summed E-state index contributed by atoms with van der Waals surface area (Å²) in [5.41, 5.74) is 6.90. The lowest BCUT2D eigenvalue weighted by atomic mass is 10.2. The summed E-state index contributed by atoms with van der Waals surface area (Å²) in [5, 5.41) is 10.1. The van der Waals surface area contributed by atoms with Gasteiger partial charge in [0, 0.05) is 0 Å². The Morgan fingerprint density at radius 3 is 2.50 bits per heavy atom. The molecule has 0 atom stereocenters. The van der Waals surface area contributed by atoms with Crippen molar-refractivity contribution in [3.63, 3.8) is 0 Å². The highest BCUT2D eigenvalue weighted by atomic mass is 35.5. The highest BCUT2D eigenvalue weighted by Gasteiger charge is 2.30. The quantitative estimate of drug-likeness (QED) is 0.689. The number of halogens is 4. The molecule has 2 aromatic carbocycles. The maximum Gasteiger partial charge on any atom is 0.416 e. The average Bonchev–Trinajstić information content (AvgIpc) is 2.92. The Bertz CT molecular complexity index is 847. The van der Waals surface area contributed by atoms with Crippen LogP contribution in [-0.2, 0) is 6.18 Å². The molecule has 0 aliphatic rings. The molecule has 3 rings (SSSR count). The predicted octanol–water partition coefficient (Wildman–Crippen LogP) is 4.22. The number of nitrogens with zero attached hydrogens (tertiary/aromatic N) is 2. The summed E-state index contributed by atoms with van der Waals surface area (Å²) >= 11 is 5.89. The molecule has 0 saturated carbocycles. The van der Waals surface area contributed by atoms with Gasteiger partial charge in [-0.25, -0.2) is 4.63 Å². The molecule has 0 saturated heterocycles. The number of hydrogen-bond acceptors (Lipinski definition) is 5. The number of nitrogen functional groups attached to an aromatic ring is 1. The lowest BCUT2D eigenvalue weighted by Crippen LogP contribution is -2.05. The summed E-state index contributed by atoms with van der Waals surface area (Å²) in [6, 6.07) is 6.23. The zero-order valence-electron chi connectivity index (χ0n) is 10.8. The molecule has 3 N–H and O–H groups in total. The van der Waals surface area contributed by atoms with Crippen molar-refractivity contribution in [2.45, 2.75) is 6.18 Å². The number of alkyl halides is 3. The fourth-order valence-electron chi connectivity index (χ4n) is 1.92. The SMILES string of the molecule is Nc1c(Nc2ccc(C(F)(F)F)cc2Cl)ccc2nonc12. The second kappa shape index (κ2) is 5.06. The molecule has 0 unspecified atom stereocenters. The van der Waals surface area contributed by atoms with Crippen LogP contribution in [0.25, 0.3) is 11.0 Å². The molecule has 22 heavy (non-hydrogen) atoms. The van der Waals surface area contributed by atoms with Crippen LogP contribution < -0.4 is 11.1 Å². The van der Waals surface area contributed by atoms with E-state index in [4.69, 9.17) is 17.3 Å². The lowest BCUT2D eigenvalue weighted by Gasteiger charge is -2.13. The summed E-state index contributed by atoms with van der Waals surface area (Å²) in [4.78, 5) is 0. The molecule has 3 aromatic rings. The second-order valence-electron chi connectivity index (χ2n) is 4.48. The number of hydrogen-bond donors (Lipinski definition) is 2. The third kappa shape index (κ3) is 2.52. The highest BCUT2D eigenvalue weighted by Crippen LogP contribution is 2.36. The van der Waals surface area contributed by atoms with Gasteiger partial charge in [0.25, 0.3) is 0 Å². The molecule has 0 aliphatic heterocycles. The minimum atomic E-state index is -4.45. The summed E-state index contributed by atoms with van der Waals surface area (Å²) < 4.78 is 42.4. The van der Waals surface area contributed by atoms with E-state index in [1.807, 2.05) is 0 Å². The van der Waals surface area contributed by atoms with Crippen LogP contribution in [0.15, 0.2) is 35.0 Å². The monoisotopic (exact) mass is 328 g/mol. The molecule has 0 bridgehead atoms. The van der Waals surface area contributed by atoms with Gasteiger partial charge in [0.15, 0.2) is 5.52 Å². The van der Waals surface area contributed by atoms with Gasteiger partial charge in [-0.3, -0.25) is 0 Å². The minimum absolute atomic E-state index is 0.0763. The summed E-state index contributed by atoms with van der Waals surface area (Å²) in [6.45, 7) is 0. The molecule has 0 spiro atoms. The number of rotatable bonds is 2. The first-order valence-corrected chi connectivity index (χ1v) is 6.38. The molecule has 0 fully saturated rings. The van der Waals surface area contributed by atoms with E-state index in [0.29, 0.717) is 16.7 Å². The number of aromatic nitrogens is 2. The van der Waals surface area contributed by atoms with Gasteiger partial charge in [-0.2, -0.15) is 13.2 Å². The summed E-state index contributed by atoms with van der Waals surface area (Å²) in [7, 11) is 0. The Morgan fingerprint density at radius 2 is 1.82 bits per heavy atom. The van der Waals surface area contributed by atoms with Crippen molar-refractivity contribution in [3.8, 4) is 0 Å². The maximum absolute atomic E-state index is 12.6. The molecule has 0 radical (unpaired) electrons. The molecule has 0 aliphatic carbocycles. The Labute approximate surface area is 126 Å². The lowest BCUT2D eigenvalue weighted by molar-refractivity contribution is -0.137. The van der Waals surface area contributed by atoms with E-state index in [1.165, 1.54) is 6.07 Å². The van der Waals surface area contributed by atoms with E-state index in [1.54, 1.807) is 12.1 Å². The number of nitrogens with two attached hydrogens (primary N) is 1. The van der Waals surface area contributed by atoms with Crippen LogP contribution in [0.1, 0.15) is 5.56 Å². The normalized spacial score (nSPS) is 11.8. The molecule has 5 nitrogen and oxygen atoms in total. The molecular formula is C13H8ClF3N4O. The van der Waals surface area contributed by atoms with Crippen molar-refractivity contribution in [1.29, 1.82) is 0 Å². The van der Waals surface area contributed by atoms with Crippen molar-refractivity contribution in [2.75, 3.05) is 11.1 Å². The van der Waals surface area contributed by atoms with Crippen molar-refractivity contribution in [1.82, 2.24) is 10.3 Å². The van der Waals surface area contributed by atoms with Crippen LogP contribution in [0.3, 0.4) is 0 Å². The van der Waals surface area contributed by atoms with E-state index in [0.717, 1.165) is 12.1 Å². The standard InChI is InChI=1S/C13H8ClF3N4O/c14-7-5-6(13(15,16)17)1-2-8(7)19-9-3-4-10-12(11(9)18)21-22-20-10/h1-5,19H,18H2. The fraction of sp³-hybridized carbons (Fsp3) is 0.0769. The van der Waals surface area contributed by atoms with Gasteiger partial charge in [-0.1, -0.05) is 11.6 Å². The van der Waals surface area contributed by atoms with Gasteiger partial charge < -0.3 is 11.1 Å². The van der Waals surface area contributed by atoms with E-state index < -0.39 is 11.7 Å². The van der Waals surface area contributed by atoms with Crippen LogP contribution in [0.2, 0.25) is 5.02 Å².